The van der Waals surface area contributed by atoms with Crippen molar-refractivity contribution >= 4 is 11.6 Å². The number of ether oxygens (including phenoxy) is 2. The molecule has 0 spiro atoms. The lowest BCUT2D eigenvalue weighted by Gasteiger charge is -2.25. The topological polar surface area (TPSA) is 18.5 Å². The van der Waals surface area contributed by atoms with E-state index in [1.54, 1.807) is 0 Å². The fraction of sp³-hybridized carbons (Fsp3) is 1.00. The van der Waals surface area contributed by atoms with E-state index in [2.05, 4.69) is 0 Å². The summed E-state index contributed by atoms with van der Waals surface area (Å²) in [5, 5.41) is 0. The minimum absolute atomic E-state index is 0.00231. The zero-order valence-electron chi connectivity index (χ0n) is 6.88. The van der Waals surface area contributed by atoms with Gasteiger partial charge in [-0.2, -0.15) is 0 Å². The molecule has 2 atom stereocenters. The largest absolute Gasteiger partial charge is 0.353 e. The zero-order chi connectivity index (χ0) is 8.10. The highest BCUT2D eigenvalue weighted by Gasteiger charge is 2.16. The summed E-state index contributed by atoms with van der Waals surface area (Å²) in [6.07, 6.45) is 3.49. The molecule has 1 rings (SSSR count). The summed E-state index contributed by atoms with van der Waals surface area (Å²) in [5.41, 5.74) is 0. The lowest BCUT2D eigenvalue weighted by Crippen LogP contribution is -2.27. The van der Waals surface area contributed by atoms with Gasteiger partial charge in [0, 0.05) is 12.5 Å². The van der Waals surface area contributed by atoms with Gasteiger partial charge in [0.05, 0.1) is 6.10 Å². The number of hydrogen-bond donors (Lipinski definition) is 0. The highest BCUT2D eigenvalue weighted by Crippen LogP contribution is 2.15. The average molecular weight is 179 g/mol. The van der Waals surface area contributed by atoms with Gasteiger partial charge < -0.3 is 9.47 Å². The first-order chi connectivity index (χ1) is 5.33. The number of hydrogen-bond acceptors (Lipinski definition) is 2. The van der Waals surface area contributed by atoms with Gasteiger partial charge in [0.2, 0.25) is 0 Å². The van der Waals surface area contributed by atoms with E-state index in [0.29, 0.717) is 5.88 Å². The summed E-state index contributed by atoms with van der Waals surface area (Å²) >= 11 is 5.59. The van der Waals surface area contributed by atoms with Crippen molar-refractivity contribution in [3.05, 3.63) is 0 Å². The SMILES string of the molecule is CC(CCl)OC1CCCCO1. The van der Waals surface area contributed by atoms with Gasteiger partial charge in [0.25, 0.3) is 0 Å². The van der Waals surface area contributed by atoms with Gasteiger partial charge in [-0.15, -0.1) is 11.6 Å². The molecular formula is C8H15ClO2. The maximum atomic E-state index is 5.59. The molecule has 1 fully saturated rings. The number of alkyl halides is 1. The Bertz CT molecular complexity index is 102. The maximum Gasteiger partial charge on any atom is 0.157 e. The number of rotatable bonds is 3. The van der Waals surface area contributed by atoms with Crippen LogP contribution in [0.15, 0.2) is 0 Å². The van der Waals surface area contributed by atoms with Gasteiger partial charge in [-0.1, -0.05) is 0 Å². The minimum Gasteiger partial charge on any atom is -0.353 e. The Morgan fingerprint density at radius 3 is 3.00 bits per heavy atom. The molecule has 0 saturated carbocycles. The van der Waals surface area contributed by atoms with Crippen LogP contribution in [0.2, 0.25) is 0 Å². The molecule has 1 saturated heterocycles. The quantitative estimate of drug-likeness (QED) is 0.617. The van der Waals surface area contributed by atoms with Gasteiger partial charge in [0.15, 0.2) is 6.29 Å². The minimum atomic E-state index is -0.00231. The molecule has 2 nitrogen and oxygen atoms in total. The van der Waals surface area contributed by atoms with Crippen molar-refractivity contribution < 1.29 is 9.47 Å². The Morgan fingerprint density at radius 1 is 1.64 bits per heavy atom. The Morgan fingerprint density at radius 2 is 2.45 bits per heavy atom. The maximum absolute atomic E-state index is 5.59. The van der Waals surface area contributed by atoms with E-state index in [1.165, 1.54) is 6.42 Å². The summed E-state index contributed by atoms with van der Waals surface area (Å²) in [6.45, 7) is 2.80. The molecule has 0 aromatic heterocycles. The molecule has 1 aliphatic rings. The molecule has 0 bridgehead atoms. The van der Waals surface area contributed by atoms with Crippen LogP contribution in [0.3, 0.4) is 0 Å². The van der Waals surface area contributed by atoms with E-state index in [-0.39, 0.29) is 12.4 Å². The van der Waals surface area contributed by atoms with Crippen LogP contribution in [0.1, 0.15) is 26.2 Å². The lowest BCUT2D eigenvalue weighted by atomic mass is 10.2. The van der Waals surface area contributed by atoms with Crippen molar-refractivity contribution in [1.29, 1.82) is 0 Å². The third-order valence-electron chi connectivity index (χ3n) is 1.74. The summed E-state index contributed by atoms with van der Waals surface area (Å²) in [5.74, 6) is 0.542. The van der Waals surface area contributed by atoms with Crippen molar-refractivity contribution in [2.75, 3.05) is 12.5 Å². The smallest absolute Gasteiger partial charge is 0.157 e. The van der Waals surface area contributed by atoms with Crippen LogP contribution in [0, 0.1) is 0 Å². The van der Waals surface area contributed by atoms with Crippen LogP contribution < -0.4 is 0 Å². The molecule has 0 aromatic rings. The van der Waals surface area contributed by atoms with E-state index in [9.17, 15) is 0 Å². The van der Waals surface area contributed by atoms with Crippen LogP contribution in [0.4, 0.5) is 0 Å². The monoisotopic (exact) mass is 178 g/mol. The van der Waals surface area contributed by atoms with Gasteiger partial charge in [-0.3, -0.25) is 0 Å². The van der Waals surface area contributed by atoms with E-state index < -0.39 is 0 Å². The normalized spacial score (nSPS) is 28.4. The second-order valence-electron chi connectivity index (χ2n) is 2.90. The Balaban J connectivity index is 2.13. The molecule has 1 aliphatic heterocycles. The van der Waals surface area contributed by atoms with E-state index in [0.717, 1.165) is 19.4 Å². The molecule has 2 unspecified atom stereocenters. The molecule has 11 heavy (non-hydrogen) atoms. The molecule has 3 heteroatoms. The Labute approximate surface area is 72.8 Å². The van der Waals surface area contributed by atoms with Gasteiger partial charge in [-0.25, -0.2) is 0 Å². The van der Waals surface area contributed by atoms with Crippen LogP contribution in [0.5, 0.6) is 0 Å². The summed E-state index contributed by atoms with van der Waals surface area (Å²) < 4.78 is 10.9. The second kappa shape index (κ2) is 4.96. The van der Waals surface area contributed by atoms with E-state index in [4.69, 9.17) is 21.1 Å². The average Bonchev–Trinajstić information content (AvgIpc) is 2.06. The summed E-state index contributed by atoms with van der Waals surface area (Å²) in [7, 11) is 0. The van der Waals surface area contributed by atoms with Crippen LogP contribution in [0.25, 0.3) is 0 Å². The standard InChI is InChI=1S/C8H15ClO2/c1-7(6-9)11-8-4-2-3-5-10-8/h7-8H,2-6H2,1H3. The third kappa shape index (κ3) is 3.41. The van der Waals surface area contributed by atoms with Crippen LogP contribution >= 0.6 is 11.6 Å². The summed E-state index contributed by atoms with van der Waals surface area (Å²) in [4.78, 5) is 0. The van der Waals surface area contributed by atoms with Gasteiger partial charge in [0.1, 0.15) is 0 Å². The highest BCUT2D eigenvalue weighted by atomic mass is 35.5. The van der Waals surface area contributed by atoms with Crippen molar-refractivity contribution in [3.63, 3.8) is 0 Å². The first kappa shape index (κ1) is 9.30. The highest BCUT2D eigenvalue weighted by molar-refractivity contribution is 6.18. The molecule has 0 aliphatic carbocycles. The van der Waals surface area contributed by atoms with E-state index in [1.807, 2.05) is 6.92 Å². The van der Waals surface area contributed by atoms with Crippen LogP contribution in [-0.2, 0) is 9.47 Å². The molecule has 0 amide bonds. The second-order valence-corrected chi connectivity index (χ2v) is 3.21. The predicted octanol–water partition coefficient (Wildman–Crippen LogP) is 2.16. The van der Waals surface area contributed by atoms with Crippen molar-refractivity contribution in [2.24, 2.45) is 0 Å². The molecule has 0 aromatic carbocycles. The summed E-state index contributed by atoms with van der Waals surface area (Å²) in [6, 6.07) is 0. The third-order valence-corrected chi connectivity index (χ3v) is 2.17. The van der Waals surface area contributed by atoms with Crippen LogP contribution in [-0.4, -0.2) is 24.9 Å². The first-order valence-corrected chi connectivity index (χ1v) is 4.69. The molecule has 0 N–H and O–H groups in total. The molecule has 0 radical (unpaired) electrons. The van der Waals surface area contributed by atoms with Crippen molar-refractivity contribution in [1.82, 2.24) is 0 Å². The van der Waals surface area contributed by atoms with E-state index >= 15 is 0 Å². The van der Waals surface area contributed by atoms with Crippen molar-refractivity contribution in [2.45, 2.75) is 38.6 Å². The Hall–Kier alpha value is 0.210. The molecular weight excluding hydrogens is 164 g/mol. The number of halogens is 1. The Kier molecular flexibility index (Phi) is 4.20. The fourth-order valence-corrected chi connectivity index (χ4v) is 1.19. The lowest BCUT2D eigenvalue weighted by molar-refractivity contribution is -0.179. The van der Waals surface area contributed by atoms with Gasteiger partial charge >= 0.3 is 0 Å². The van der Waals surface area contributed by atoms with Crippen molar-refractivity contribution in [3.8, 4) is 0 Å². The first-order valence-electron chi connectivity index (χ1n) is 4.16. The van der Waals surface area contributed by atoms with Gasteiger partial charge in [-0.05, 0) is 26.2 Å². The fourth-order valence-electron chi connectivity index (χ4n) is 1.11. The molecule has 66 valence electrons. The predicted molar refractivity (Wildman–Crippen MR) is 44.9 cm³/mol. The molecule has 1 heterocycles. The zero-order valence-corrected chi connectivity index (χ0v) is 7.64.